The van der Waals surface area contributed by atoms with Crippen molar-refractivity contribution in [2.24, 2.45) is 5.92 Å². The summed E-state index contributed by atoms with van der Waals surface area (Å²) >= 11 is 0. The Labute approximate surface area is 113 Å². The molecule has 3 heteroatoms. The number of nitrogens with one attached hydrogen (secondary N) is 1. The fourth-order valence-corrected chi connectivity index (χ4v) is 2.60. The minimum absolute atomic E-state index is 0.379. The van der Waals surface area contributed by atoms with E-state index in [1.54, 1.807) is 0 Å². The van der Waals surface area contributed by atoms with E-state index in [-0.39, 0.29) is 0 Å². The van der Waals surface area contributed by atoms with Gasteiger partial charge in [-0.3, -0.25) is 0 Å². The van der Waals surface area contributed by atoms with Crippen molar-refractivity contribution in [2.75, 3.05) is 39.3 Å². The summed E-state index contributed by atoms with van der Waals surface area (Å²) < 4.78 is 5.84. The number of rotatable bonds is 3. The first-order chi connectivity index (χ1) is 8.88. The maximum Gasteiger partial charge on any atom is 0.0756 e. The maximum absolute atomic E-state index is 5.84. The van der Waals surface area contributed by atoms with Gasteiger partial charge >= 0.3 is 0 Å². The molecule has 2 fully saturated rings. The molecule has 0 saturated carbocycles. The Morgan fingerprint density at radius 3 is 2.50 bits per heavy atom. The fourth-order valence-electron chi connectivity index (χ4n) is 2.60. The third kappa shape index (κ3) is 5.51. The van der Waals surface area contributed by atoms with Crippen LogP contribution in [0.2, 0.25) is 0 Å². The molecule has 2 aliphatic rings. The molecule has 0 aromatic rings. The van der Waals surface area contributed by atoms with Crippen LogP contribution in [0.4, 0.5) is 0 Å². The summed E-state index contributed by atoms with van der Waals surface area (Å²) in [6, 6.07) is 0. The lowest BCUT2D eigenvalue weighted by atomic mass is 9.97. The fraction of sp³-hybridized carbons (Fsp3) is 0.867. The van der Waals surface area contributed by atoms with E-state index in [0.717, 1.165) is 25.6 Å². The lowest BCUT2D eigenvalue weighted by Gasteiger charge is -2.34. The van der Waals surface area contributed by atoms with Crippen molar-refractivity contribution in [3.8, 4) is 0 Å². The quantitative estimate of drug-likeness (QED) is 0.782. The van der Waals surface area contributed by atoms with Crippen LogP contribution in [0.5, 0.6) is 0 Å². The van der Waals surface area contributed by atoms with E-state index in [1.807, 2.05) is 13.8 Å². The van der Waals surface area contributed by atoms with E-state index >= 15 is 0 Å². The first-order valence-corrected chi connectivity index (χ1v) is 7.56. The number of ether oxygens (including phenoxy) is 1. The summed E-state index contributed by atoms with van der Waals surface area (Å²) in [4.78, 5) is 2.57. The van der Waals surface area contributed by atoms with Crippen LogP contribution in [-0.2, 0) is 4.74 Å². The maximum atomic E-state index is 5.84. The van der Waals surface area contributed by atoms with Gasteiger partial charge in [-0.05, 0) is 25.7 Å². The van der Waals surface area contributed by atoms with Crippen molar-refractivity contribution in [3.63, 3.8) is 0 Å². The van der Waals surface area contributed by atoms with E-state index in [2.05, 4.69) is 29.3 Å². The van der Waals surface area contributed by atoms with Crippen molar-refractivity contribution < 1.29 is 4.74 Å². The predicted molar refractivity (Wildman–Crippen MR) is 77.9 cm³/mol. The molecule has 1 unspecified atom stereocenters. The van der Waals surface area contributed by atoms with Crippen molar-refractivity contribution in [2.45, 2.75) is 39.7 Å². The van der Waals surface area contributed by atoms with Crippen LogP contribution in [0.1, 0.15) is 33.6 Å². The monoisotopic (exact) mass is 254 g/mol. The summed E-state index contributed by atoms with van der Waals surface area (Å²) in [6.45, 7) is 12.9. The minimum Gasteiger partial charge on any atom is -0.374 e. The van der Waals surface area contributed by atoms with Gasteiger partial charge in [-0.1, -0.05) is 26.0 Å². The predicted octanol–water partition coefficient (Wildman–Crippen LogP) is 2.29. The molecule has 0 aromatic heterocycles. The van der Waals surface area contributed by atoms with Crippen LogP contribution < -0.4 is 5.32 Å². The molecule has 0 amide bonds. The summed E-state index contributed by atoms with van der Waals surface area (Å²) in [5, 5.41) is 3.39. The third-order valence-electron chi connectivity index (χ3n) is 3.54. The average molecular weight is 254 g/mol. The average Bonchev–Trinajstić information content (AvgIpc) is 2.45. The molecule has 1 N–H and O–H groups in total. The molecule has 2 aliphatic heterocycles. The van der Waals surface area contributed by atoms with Gasteiger partial charge in [0.25, 0.3) is 0 Å². The molecule has 2 rings (SSSR count). The molecule has 106 valence electrons. The lowest BCUT2D eigenvalue weighted by Crippen LogP contribution is -2.46. The number of allylic oxidation sites excluding steroid dienone is 1. The van der Waals surface area contributed by atoms with Crippen LogP contribution in [0.3, 0.4) is 0 Å². The van der Waals surface area contributed by atoms with Gasteiger partial charge in [0.15, 0.2) is 0 Å². The molecule has 2 heterocycles. The van der Waals surface area contributed by atoms with Crippen molar-refractivity contribution in [1.82, 2.24) is 10.2 Å². The summed E-state index contributed by atoms with van der Waals surface area (Å²) in [7, 11) is 0. The Morgan fingerprint density at radius 2 is 1.94 bits per heavy atom. The van der Waals surface area contributed by atoms with Gasteiger partial charge in [-0.2, -0.15) is 0 Å². The second-order valence-corrected chi connectivity index (χ2v) is 4.89. The van der Waals surface area contributed by atoms with Gasteiger partial charge in [0.2, 0.25) is 0 Å². The highest BCUT2D eigenvalue weighted by molar-refractivity contribution is 4.89. The number of nitrogens with zero attached hydrogens (tertiary/aromatic N) is 1. The molecule has 0 aromatic carbocycles. The van der Waals surface area contributed by atoms with Gasteiger partial charge in [0.1, 0.15) is 0 Å². The van der Waals surface area contributed by atoms with Crippen LogP contribution in [0.15, 0.2) is 12.2 Å². The molecule has 0 radical (unpaired) electrons. The van der Waals surface area contributed by atoms with Crippen molar-refractivity contribution >= 4 is 0 Å². The second-order valence-electron chi connectivity index (χ2n) is 4.89. The molecular formula is C15H30N2O. The Bertz CT molecular complexity index is 217. The Kier molecular flexibility index (Phi) is 8.31. The zero-order valence-electron chi connectivity index (χ0n) is 12.3. The van der Waals surface area contributed by atoms with Gasteiger partial charge in [0, 0.05) is 32.7 Å². The lowest BCUT2D eigenvalue weighted by molar-refractivity contribution is -0.00122. The Morgan fingerprint density at radius 1 is 1.22 bits per heavy atom. The summed E-state index contributed by atoms with van der Waals surface area (Å²) in [6.07, 6.45) is 7.17. The molecule has 18 heavy (non-hydrogen) atoms. The molecule has 2 atom stereocenters. The van der Waals surface area contributed by atoms with Crippen LogP contribution in [0, 0.1) is 5.92 Å². The van der Waals surface area contributed by atoms with Crippen molar-refractivity contribution in [1.29, 1.82) is 0 Å². The van der Waals surface area contributed by atoms with E-state index in [1.165, 1.54) is 32.5 Å². The molecule has 0 bridgehead atoms. The smallest absolute Gasteiger partial charge is 0.0756 e. The number of hydrogen-bond donors (Lipinski definition) is 1. The molecular weight excluding hydrogens is 224 g/mol. The van der Waals surface area contributed by atoms with Gasteiger partial charge < -0.3 is 15.0 Å². The summed E-state index contributed by atoms with van der Waals surface area (Å²) in [5.41, 5.74) is 0. The molecule has 2 saturated heterocycles. The third-order valence-corrected chi connectivity index (χ3v) is 3.54. The van der Waals surface area contributed by atoms with E-state index < -0.39 is 0 Å². The topological polar surface area (TPSA) is 24.5 Å². The van der Waals surface area contributed by atoms with E-state index in [4.69, 9.17) is 4.74 Å². The van der Waals surface area contributed by atoms with Gasteiger partial charge in [0.05, 0.1) is 12.7 Å². The van der Waals surface area contributed by atoms with E-state index in [0.29, 0.717) is 6.10 Å². The minimum atomic E-state index is 0.379. The zero-order valence-corrected chi connectivity index (χ0v) is 12.3. The standard InChI is InChI=1S/C13H24N2O.C2H6/c1-2-3-13-5-4-12(11-16-13)10-15-8-6-14-7-9-15;1-2/h2-3,12-14H,4-11H2,1H3;1-2H3/b3-2-;/t12-,13?;/m1./s1. The normalized spacial score (nSPS) is 29.9. The van der Waals surface area contributed by atoms with Crippen LogP contribution in [-0.4, -0.2) is 50.3 Å². The Hall–Kier alpha value is -0.380. The van der Waals surface area contributed by atoms with Gasteiger partial charge in [-0.25, -0.2) is 0 Å². The highest BCUT2D eigenvalue weighted by Gasteiger charge is 2.22. The van der Waals surface area contributed by atoms with Crippen LogP contribution in [0.25, 0.3) is 0 Å². The largest absolute Gasteiger partial charge is 0.374 e. The van der Waals surface area contributed by atoms with Crippen LogP contribution >= 0.6 is 0 Å². The molecule has 0 spiro atoms. The number of hydrogen-bond acceptors (Lipinski definition) is 3. The molecule has 3 nitrogen and oxygen atoms in total. The van der Waals surface area contributed by atoms with Crippen molar-refractivity contribution in [3.05, 3.63) is 12.2 Å². The first kappa shape index (κ1) is 15.7. The highest BCUT2D eigenvalue weighted by Crippen LogP contribution is 2.20. The number of piperazine rings is 1. The molecule has 0 aliphatic carbocycles. The second kappa shape index (κ2) is 9.54. The zero-order chi connectivity index (χ0) is 13.2. The van der Waals surface area contributed by atoms with Gasteiger partial charge in [-0.15, -0.1) is 0 Å². The highest BCUT2D eigenvalue weighted by atomic mass is 16.5. The Balaban J connectivity index is 0.000000771. The summed E-state index contributed by atoms with van der Waals surface area (Å²) in [5.74, 6) is 0.750. The SMILES string of the molecule is C/C=C\C1CC[C@H](CN2CCNCC2)CO1.CC. The first-order valence-electron chi connectivity index (χ1n) is 7.56. The van der Waals surface area contributed by atoms with E-state index in [9.17, 15) is 0 Å².